The van der Waals surface area contributed by atoms with Gasteiger partial charge in [0.1, 0.15) is 0 Å². The number of guanidine groups is 1. The summed E-state index contributed by atoms with van der Waals surface area (Å²) < 4.78 is 37.6. The molecule has 1 heterocycles. The highest BCUT2D eigenvalue weighted by molar-refractivity contribution is 7.89. The fourth-order valence-corrected chi connectivity index (χ4v) is 3.78. The average Bonchev–Trinajstić information content (AvgIpc) is 2.67. The minimum atomic E-state index is -3.33. The summed E-state index contributed by atoms with van der Waals surface area (Å²) in [6.45, 7) is 7.27. The zero-order valence-corrected chi connectivity index (χ0v) is 18.5. The van der Waals surface area contributed by atoms with Gasteiger partial charge in [-0.1, -0.05) is 0 Å². The van der Waals surface area contributed by atoms with Gasteiger partial charge in [0.25, 0.3) is 0 Å². The summed E-state index contributed by atoms with van der Waals surface area (Å²) >= 11 is 0. The minimum absolute atomic E-state index is 0.00105. The summed E-state index contributed by atoms with van der Waals surface area (Å²) in [5, 5.41) is 6.23. The molecule has 1 atom stereocenters. The van der Waals surface area contributed by atoms with Crippen LogP contribution >= 0.6 is 0 Å². The van der Waals surface area contributed by atoms with Gasteiger partial charge in [-0.15, -0.1) is 0 Å². The molecular weight excluding hydrogens is 382 g/mol. The molecule has 0 spiro atoms. The van der Waals surface area contributed by atoms with Gasteiger partial charge in [-0.25, -0.2) is 13.1 Å². The van der Waals surface area contributed by atoms with Crippen molar-refractivity contribution in [1.82, 2.24) is 20.3 Å². The number of nitrogens with zero attached hydrogens (tertiary/aromatic N) is 2. The quantitative estimate of drug-likeness (QED) is 0.206. The molecule has 0 amide bonds. The van der Waals surface area contributed by atoms with E-state index in [2.05, 4.69) is 32.3 Å². The normalized spacial score (nSPS) is 18.4. The van der Waals surface area contributed by atoms with Crippen LogP contribution in [0.5, 0.6) is 0 Å². The first-order chi connectivity index (χ1) is 13.5. The van der Waals surface area contributed by atoms with Crippen LogP contribution in [0.3, 0.4) is 0 Å². The van der Waals surface area contributed by atoms with E-state index in [1.54, 1.807) is 7.11 Å². The molecule has 1 aliphatic rings. The second-order valence-corrected chi connectivity index (χ2v) is 8.92. The molecule has 0 aromatic carbocycles. The van der Waals surface area contributed by atoms with Crippen molar-refractivity contribution in [3.8, 4) is 0 Å². The third kappa shape index (κ3) is 12.5. The van der Waals surface area contributed by atoms with Gasteiger partial charge in [-0.2, -0.15) is 0 Å². The molecule has 1 rings (SSSR count). The third-order valence-electron chi connectivity index (χ3n) is 4.45. The van der Waals surface area contributed by atoms with Crippen LogP contribution in [0.25, 0.3) is 0 Å². The summed E-state index contributed by atoms with van der Waals surface area (Å²) in [7, 11) is 0.428. The van der Waals surface area contributed by atoms with Gasteiger partial charge in [-0.3, -0.25) is 4.99 Å². The van der Waals surface area contributed by atoms with Crippen molar-refractivity contribution in [2.75, 3.05) is 72.4 Å². The number of sulfonamides is 1. The van der Waals surface area contributed by atoms with Crippen molar-refractivity contribution in [3.63, 3.8) is 0 Å². The number of hydrogen-bond acceptors (Lipinski definition) is 6. The van der Waals surface area contributed by atoms with E-state index in [0.717, 1.165) is 58.5 Å². The molecule has 1 saturated heterocycles. The number of methoxy groups -OCH3 is 1. The van der Waals surface area contributed by atoms with E-state index in [1.807, 2.05) is 6.92 Å². The highest BCUT2D eigenvalue weighted by Gasteiger charge is 2.17. The monoisotopic (exact) mass is 421 g/mol. The number of nitrogens with one attached hydrogen (secondary N) is 3. The van der Waals surface area contributed by atoms with Gasteiger partial charge in [0.15, 0.2) is 5.96 Å². The van der Waals surface area contributed by atoms with Crippen LogP contribution in [0.1, 0.15) is 32.6 Å². The largest absolute Gasteiger partial charge is 0.385 e. The molecule has 9 nitrogen and oxygen atoms in total. The summed E-state index contributed by atoms with van der Waals surface area (Å²) in [6, 6.07) is 0. The maximum atomic E-state index is 12.2. The summed E-state index contributed by atoms with van der Waals surface area (Å²) in [4.78, 5) is 6.71. The van der Waals surface area contributed by atoms with Crippen LogP contribution in [-0.4, -0.2) is 97.8 Å². The van der Waals surface area contributed by atoms with E-state index < -0.39 is 10.0 Å². The van der Waals surface area contributed by atoms with Crippen molar-refractivity contribution in [2.45, 2.75) is 38.7 Å². The van der Waals surface area contributed by atoms with E-state index >= 15 is 0 Å². The van der Waals surface area contributed by atoms with Crippen LogP contribution in [0.2, 0.25) is 0 Å². The molecule has 1 fully saturated rings. The average molecular weight is 422 g/mol. The first-order valence-corrected chi connectivity index (χ1v) is 11.9. The molecule has 1 unspecified atom stereocenters. The lowest BCUT2D eigenvalue weighted by atomic mass is 10.1. The van der Waals surface area contributed by atoms with Crippen molar-refractivity contribution >= 4 is 16.0 Å². The lowest BCUT2D eigenvalue weighted by Gasteiger charge is -2.22. The Hall–Kier alpha value is -0.940. The van der Waals surface area contributed by atoms with E-state index in [-0.39, 0.29) is 11.9 Å². The fraction of sp³-hybridized carbons (Fsp3) is 0.944. The zero-order valence-electron chi connectivity index (χ0n) is 17.7. The van der Waals surface area contributed by atoms with Crippen molar-refractivity contribution in [3.05, 3.63) is 0 Å². The maximum absolute atomic E-state index is 12.2. The number of rotatable bonds is 14. The van der Waals surface area contributed by atoms with Crippen molar-refractivity contribution in [1.29, 1.82) is 0 Å². The molecule has 166 valence electrons. The maximum Gasteiger partial charge on any atom is 0.213 e. The predicted octanol–water partition coefficient (Wildman–Crippen LogP) is -0.00170. The van der Waals surface area contributed by atoms with Crippen LogP contribution in [0.4, 0.5) is 0 Å². The molecule has 0 aromatic rings. The third-order valence-corrected chi connectivity index (χ3v) is 5.80. The summed E-state index contributed by atoms with van der Waals surface area (Å²) in [5.41, 5.74) is 0. The summed E-state index contributed by atoms with van der Waals surface area (Å²) in [5.74, 6) is 0.639. The van der Waals surface area contributed by atoms with Crippen LogP contribution < -0.4 is 15.4 Å². The van der Waals surface area contributed by atoms with Crippen molar-refractivity contribution in [2.24, 2.45) is 4.99 Å². The number of hydrogen-bond donors (Lipinski definition) is 3. The molecule has 0 saturated carbocycles. The van der Waals surface area contributed by atoms with Gasteiger partial charge in [0, 0.05) is 53.0 Å². The second kappa shape index (κ2) is 15.0. The fourth-order valence-electron chi connectivity index (χ4n) is 2.83. The van der Waals surface area contributed by atoms with Gasteiger partial charge in [-0.05, 0) is 39.7 Å². The Kier molecular flexibility index (Phi) is 13.4. The van der Waals surface area contributed by atoms with Crippen LogP contribution in [0.15, 0.2) is 4.99 Å². The lowest BCUT2D eigenvalue weighted by molar-refractivity contribution is 0.0200. The number of aliphatic imine (C=N–C) groups is 1. The Labute approximate surface area is 170 Å². The highest BCUT2D eigenvalue weighted by atomic mass is 32.2. The Bertz CT molecular complexity index is 524. The van der Waals surface area contributed by atoms with E-state index in [9.17, 15) is 8.42 Å². The van der Waals surface area contributed by atoms with Gasteiger partial charge >= 0.3 is 0 Å². The molecule has 0 radical (unpaired) electrons. The number of ether oxygens (including phenoxy) is 2. The van der Waals surface area contributed by atoms with E-state index in [4.69, 9.17) is 9.47 Å². The molecule has 10 heteroatoms. The topological polar surface area (TPSA) is 104 Å². The molecule has 1 aliphatic heterocycles. The van der Waals surface area contributed by atoms with Gasteiger partial charge in [0.05, 0.1) is 18.4 Å². The molecule has 0 aliphatic carbocycles. The van der Waals surface area contributed by atoms with Crippen LogP contribution in [0, 0.1) is 0 Å². The standard InChI is InChI=1S/C18H39N5O4S/c1-4-19-18(20-9-12-23(2)11-7-13-26-3)21-10-15-28(24,25)22-16-17-8-5-6-14-27-17/h17,22H,4-16H2,1-3H3,(H2,19,20,21). The summed E-state index contributed by atoms with van der Waals surface area (Å²) in [6.07, 6.45) is 4.06. The zero-order chi connectivity index (χ0) is 20.7. The molecular formula is C18H39N5O4S. The first kappa shape index (κ1) is 25.1. The van der Waals surface area contributed by atoms with E-state index in [1.165, 1.54) is 0 Å². The van der Waals surface area contributed by atoms with E-state index in [0.29, 0.717) is 25.6 Å². The Balaban J connectivity index is 2.28. The molecule has 0 bridgehead atoms. The lowest BCUT2D eigenvalue weighted by Crippen LogP contribution is -2.42. The number of likely N-dealkylation sites (N-methyl/N-ethyl adjacent to an activating group) is 1. The molecule has 0 aromatic heterocycles. The smallest absolute Gasteiger partial charge is 0.213 e. The predicted molar refractivity (Wildman–Crippen MR) is 113 cm³/mol. The van der Waals surface area contributed by atoms with Crippen molar-refractivity contribution < 1.29 is 17.9 Å². The highest BCUT2D eigenvalue weighted by Crippen LogP contribution is 2.11. The minimum Gasteiger partial charge on any atom is -0.385 e. The second-order valence-electron chi connectivity index (χ2n) is 6.99. The van der Waals surface area contributed by atoms with Gasteiger partial charge < -0.3 is 25.0 Å². The molecule has 3 N–H and O–H groups in total. The molecule has 28 heavy (non-hydrogen) atoms. The first-order valence-electron chi connectivity index (χ1n) is 10.3. The SMILES string of the molecule is CCNC(=NCCN(C)CCCOC)NCCS(=O)(=O)NCC1CCCCO1. The van der Waals surface area contributed by atoms with Gasteiger partial charge in [0.2, 0.25) is 10.0 Å². The Morgan fingerprint density at radius 1 is 1.29 bits per heavy atom. The Morgan fingerprint density at radius 2 is 2.11 bits per heavy atom. The Morgan fingerprint density at radius 3 is 2.79 bits per heavy atom. The van der Waals surface area contributed by atoms with Crippen LogP contribution in [-0.2, 0) is 19.5 Å².